The predicted molar refractivity (Wildman–Crippen MR) is 74.2 cm³/mol. The summed E-state index contributed by atoms with van der Waals surface area (Å²) in [6.45, 7) is 7.32. The van der Waals surface area contributed by atoms with Crippen molar-refractivity contribution in [3.8, 4) is 0 Å². The SMILES string of the molecule is CCN(CC)CCNC(=O)c1ccc(Br)cc1F. The number of rotatable bonds is 6. The first-order valence-electron chi connectivity index (χ1n) is 6.04. The fraction of sp³-hybridized carbons (Fsp3) is 0.462. The maximum Gasteiger partial charge on any atom is 0.254 e. The van der Waals surface area contributed by atoms with E-state index in [9.17, 15) is 9.18 Å². The lowest BCUT2D eigenvalue weighted by molar-refractivity contribution is 0.0945. The Hall–Kier alpha value is -0.940. The molecule has 0 aromatic heterocycles. The molecule has 3 nitrogen and oxygen atoms in total. The van der Waals surface area contributed by atoms with Crippen LogP contribution in [0.1, 0.15) is 24.2 Å². The van der Waals surface area contributed by atoms with Crippen LogP contribution >= 0.6 is 15.9 Å². The summed E-state index contributed by atoms with van der Waals surface area (Å²) in [5.74, 6) is -0.878. The van der Waals surface area contributed by atoms with Crippen molar-refractivity contribution in [2.45, 2.75) is 13.8 Å². The summed E-state index contributed by atoms with van der Waals surface area (Å²) < 4.78 is 14.1. The van der Waals surface area contributed by atoms with Crippen molar-refractivity contribution in [1.82, 2.24) is 10.2 Å². The first-order chi connectivity index (χ1) is 8.58. The lowest BCUT2D eigenvalue weighted by Crippen LogP contribution is -2.35. The van der Waals surface area contributed by atoms with Crippen LogP contribution in [0.2, 0.25) is 0 Å². The Morgan fingerprint density at radius 3 is 2.61 bits per heavy atom. The molecule has 1 aromatic rings. The van der Waals surface area contributed by atoms with Crippen LogP contribution in [0.5, 0.6) is 0 Å². The minimum atomic E-state index is -0.510. The largest absolute Gasteiger partial charge is 0.351 e. The van der Waals surface area contributed by atoms with Gasteiger partial charge in [-0.2, -0.15) is 0 Å². The molecule has 0 aliphatic rings. The molecule has 1 rings (SSSR count). The van der Waals surface area contributed by atoms with Crippen molar-refractivity contribution in [2.75, 3.05) is 26.2 Å². The normalized spacial score (nSPS) is 10.7. The predicted octanol–water partition coefficient (Wildman–Crippen LogP) is 2.66. The summed E-state index contributed by atoms with van der Waals surface area (Å²) in [4.78, 5) is 13.9. The maximum atomic E-state index is 13.5. The molecule has 0 aliphatic heterocycles. The third-order valence-electron chi connectivity index (χ3n) is 2.78. The first-order valence-corrected chi connectivity index (χ1v) is 6.83. The van der Waals surface area contributed by atoms with Gasteiger partial charge in [0.2, 0.25) is 0 Å². The molecule has 1 N–H and O–H groups in total. The van der Waals surface area contributed by atoms with E-state index >= 15 is 0 Å². The lowest BCUT2D eigenvalue weighted by atomic mass is 10.2. The van der Waals surface area contributed by atoms with Gasteiger partial charge in [0.05, 0.1) is 5.56 Å². The van der Waals surface area contributed by atoms with Crippen molar-refractivity contribution in [3.63, 3.8) is 0 Å². The van der Waals surface area contributed by atoms with Crippen LogP contribution in [0, 0.1) is 5.82 Å². The monoisotopic (exact) mass is 316 g/mol. The van der Waals surface area contributed by atoms with Gasteiger partial charge in [0.15, 0.2) is 0 Å². The second-order valence-electron chi connectivity index (χ2n) is 3.91. The van der Waals surface area contributed by atoms with Gasteiger partial charge in [0, 0.05) is 17.6 Å². The first kappa shape index (κ1) is 15.1. The Balaban J connectivity index is 2.50. The highest BCUT2D eigenvalue weighted by Gasteiger charge is 2.11. The fourth-order valence-electron chi connectivity index (χ4n) is 1.64. The van der Waals surface area contributed by atoms with Crippen LogP contribution in [-0.4, -0.2) is 37.0 Å². The van der Waals surface area contributed by atoms with Crippen molar-refractivity contribution in [1.29, 1.82) is 0 Å². The Morgan fingerprint density at radius 1 is 1.39 bits per heavy atom. The smallest absolute Gasteiger partial charge is 0.254 e. The van der Waals surface area contributed by atoms with E-state index in [4.69, 9.17) is 0 Å². The molecule has 0 fully saturated rings. The van der Waals surface area contributed by atoms with E-state index in [0.29, 0.717) is 11.0 Å². The number of nitrogens with zero attached hydrogens (tertiary/aromatic N) is 1. The molecule has 0 radical (unpaired) electrons. The molecule has 0 saturated heterocycles. The van der Waals surface area contributed by atoms with E-state index in [1.165, 1.54) is 12.1 Å². The fourth-order valence-corrected chi connectivity index (χ4v) is 1.97. The molecular formula is C13H18BrFN2O. The van der Waals surface area contributed by atoms with Crippen LogP contribution < -0.4 is 5.32 Å². The number of likely N-dealkylation sites (N-methyl/N-ethyl adjacent to an activating group) is 1. The molecule has 5 heteroatoms. The second kappa shape index (κ2) is 7.48. The zero-order valence-corrected chi connectivity index (χ0v) is 12.3. The van der Waals surface area contributed by atoms with Gasteiger partial charge >= 0.3 is 0 Å². The van der Waals surface area contributed by atoms with E-state index in [-0.39, 0.29) is 11.5 Å². The topological polar surface area (TPSA) is 32.3 Å². The molecule has 1 amide bonds. The van der Waals surface area contributed by atoms with Gasteiger partial charge in [-0.15, -0.1) is 0 Å². The summed E-state index contributed by atoms with van der Waals surface area (Å²) >= 11 is 3.16. The summed E-state index contributed by atoms with van der Waals surface area (Å²) in [7, 11) is 0. The molecule has 0 unspecified atom stereocenters. The van der Waals surface area contributed by atoms with E-state index in [0.717, 1.165) is 19.6 Å². The number of carbonyl (C=O) groups excluding carboxylic acids is 1. The molecule has 0 atom stereocenters. The zero-order chi connectivity index (χ0) is 13.5. The summed E-state index contributed by atoms with van der Waals surface area (Å²) in [6, 6.07) is 4.42. The van der Waals surface area contributed by atoms with Crippen LogP contribution in [-0.2, 0) is 0 Å². The Labute approximate surface area is 115 Å². The third-order valence-corrected chi connectivity index (χ3v) is 3.28. The molecule has 0 saturated carbocycles. The van der Waals surface area contributed by atoms with Gasteiger partial charge < -0.3 is 10.2 Å². The van der Waals surface area contributed by atoms with Crippen LogP contribution in [0.25, 0.3) is 0 Å². The van der Waals surface area contributed by atoms with Gasteiger partial charge in [-0.3, -0.25) is 4.79 Å². The van der Waals surface area contributed by atoms with Crippen LogP contribution in [0.3, 0.4) is 0 Å². The highest BCUT2D eigenvalue weighted by Crippen LogP contribution is 2.14. The van der Waals surface area contributed by atoms with E-state index in [2.05, 4.69) is 40.0 Å². The highest BCUT2D eigenvalue weighted by atomic mass is 79.9. The minimum absolute atomic E-state index is 0.0812. The Bertz CT molecular complexity index is 408. The number of benzene rings is 1. The molecule has 18 heavy (non-hydrogen) atoms. The maximum absolute atomic E-state index is 13.5. The van der Waals surface area contributed by atoms with Crippen molar-refractivity contribution in [3.05, 3.63) is 34.1 Å². The average molecular weight is 317 g/mol. The Kier molecular flexibility index (Phi) is 6.29. The number of carbonyl (C=O) groups is 1. The second-order valence-corrected chi connectivity index (χ2v) is 4.82. The Morgan fingerprint density at radius 2 is 2.06 bits per heavy atom. The van der Waals surface area contributed by atoms with Gasteiger partial charge in [-0.25, -0.2) is 4.39 Å². The van der Waals surface area contributed by atoms with Crippen molar-refractivity contribution in [2.24, 2.45) is 0 Å². The summed E-state index contributed by atoms with van der Waals surface area (Å²) in [5.41, 5.74) is 0.0812. The van der Waals surface area contributed by atoms with Crippen LogP contribution in [0.15, 0.2) is 22.7 Å². The average Bonchev–Trinajstić information content (AvgIpc) is 2.34. The number of amides is 1. The van der Waals surface area contributed by atoms with Gasteiger partial charge in [0.1, 0.15) is 5.82 Å². The zero-order valence-electron chi connectivity index (χ0n) is 10.7. The van der Waals surface area contributed by atoms with E-state index in [1.54, 1.807) is 6.07 Å². The number of halogens is 2. The number of hydrogen-bond donors (Lipinski definition) is 1. The van der Waals surface area contributed by atoms with E-state index < -0.39 is 5.82 Å². The number of nitrogens with one attached hydrogen (secondary N) is 1. The molecule has 0 heterocycles. The standard InChI is InChI=1S/C13H18BrFN2O/c1-3-17(4-2)8-7-16-13(18)11-6-5-10(14)9-12(11)15/h5-6,9H,3-4,7-8H2,1-2H3,(H,16,18). The van der Waals surface area contributed by atoms with Gasteiger partial charge in [-0.1, -0.05) is 29.8 Å². The van der Waals surface area contributed by atoms with Crippen LogP contribution in [0.4, 0.5) is 4.39 Å². The molecular weight excluding hydrogens is 299 g/mol. The van der Waals surface area contributed by atoms with Gasteiger partial charge in [-0.05, 0) is 31.3 Å². The highest BCUT2D eigenvalue weighted by molar-refractivity contribution is 9.10. The molecule has 0 aliphatic carbocycles. The number of hydrogen-bond acceptors (Lipinski definition) is 2. The van der Waals surface area contributed by atoms with Crippen molar-refractivity contribution >= 4 is 21.8 Å². The third kappa shape index (κ3) is 4.38. The molecule has 100 valence electrons. The summed E-state index contributed by atoms with van der Waals surface area (Å²) in [6.07, 6.45) is 0. The lowest BCUT2D eigenvalue weighted by Gasteiger charge is -2.18. The summed E-state index contributed by atoms with van der Waals surface area (Å²) in [5, 5.41) is 2.72. The molecule has 0 spiro atoms. The quantitative estimate of drug-likeness (QED) is 0.875. The van der Waals surface area contributed by atoms with Gasteiger partial charge in [0.25, 0.3) is 5.91 Å². The minimum Gasteiger partial charge on any atom is -0.351 e. The van der Waals surface area contributed by atoms with Crippen molar-refractivity contribution < 1.29 is 9.18 Å². The molecule has 1 aromatic carbocycles. The van der Waals surface area contributed by atoms with E-state index in [1.807, 2.05) is 0 Å². The molecule has 0 bridgehead atoms.